The molecule has 2 bridgehead atoms. The first kappa shape index (κ1) is 24.0. The van der Waals surface area contributed by atoms with Crippen LogP contribution in [0.2, 0.25) is 5.02 Å². The number of benzene rings is 2. The number of aromatic nitrogens is 2. The lowest BCUT2D eigenvalue weighted by Crippen LogP contribution is -2.55. The minimum absolute atomic E-state index is 0.00282. The first-order valence-corrected chi connectivity index (χ1v) is 13.3. The van der Waals surface area contributed by atoms with Crippen LogP contribution in [0.15, 0.2) is 41.4 Å². The number of likely N-dealkylation sites (tertiary alicyclic amines) is 1. The van der Waals surface area contributed by atoms with Gasteiger partial charge in [0.1, 0.15) is 5.82 Å². The van der Waals surface area contributed by atoms with Crippen LogP contribution in [0, 0.1) is 5.82 Å². The zero-order valence-corrected chi connectivity index (χ0v) is 21.3. The molecule has 2 aromatic carbocycles. The highest BCUT2D eigenvalue weighted by atomic mass is 35.5. The average Bonchev–Trinajstić information content (AvgIpc) is 3.32. The molecule has 3 aromatic rings. The van der Waals surface area contributed by atoms with Crippen LogP contribution in [0.5, 0.6) is 0 Å². The van der Waals surface area contributed by atoms with E-state index in [0.717, 1.165) is 30.1 Å². The van der Waals surface area contributed by atoms with E-state index in [0.29, 0.717) is 18.5 Å². The Kier molecular flexibility index (Phi) is 5.81. The number of nitrogens with zero attached hydrogens (tertiary/aromatic N) is 3. The van der Waals surface area contributed by atoms with Crippen molar-refractivity contribution in [2.45, 2.75) is 56.1 Å². The molecule has 11 heteroatoms. The van der Waals surface area contributed by atoms with E-state index in [-0.39, 0.29) is 33.5 Å². The number of halogens is 2. The van der Waals surface area contributed by atoms with E-state index in [4.69, 9.17) is 11.6 Å². The monoisotopic (exact) mass is 519 g/mol. The molecule has 3 heterocycles. The van der Waals surface area contributed by atoms with Crippen LogP contribution in [0.3, 0.4) is 0 Å². The van der Waals surface area contributed by atoms with Gasteiger partial charge in [-0.15, -0.1) is 0 Å². The molecule has 0 saturated carbocycles. The lowest BCUT2D eigenvalue weighted by Gasteiger charge is -2.42. The van der Waals surface area contributed by atoms with Crippen molar-refractivity contribution < 1.29 is 17.6 Å². The fourth-order valence-corrected chi connectivity index (χ4v) is 6.85. The maximum Gasteiger partial charge on any atom is 0.255 e. The third-order valence-electron chi connectivity index (χ3n) is 6.46. The van der Waals surface area contributed by atoms with Gasteiger partial charge in [0.25, 0.3) is 5.91 Å². The van der Waals surface area contributed by atoms with Gasteiger partial charge in [0.2, 0.25) is 10.0 Å². The molecular weight excluding hydrogens is 493 g/mol. The van der Waals surface area contributed by atoms with Crippen molar-refractivity contribution >= 4 is 44.1 Å². The summed E-state index contributed by atoms with van der Waals surface area (Å²) in [7, 11) is -3.76. The number of H-pyrrole nitrogens is 1. The van der Waals surface area contributed by atoms with E-state index < -0.39 is 21.4 Å². The maximum absolute atomic E-state index is 13.5. The molecule has 2 N–H and O–H groups in total. The summed E-state index contributed by atoms with van der Waals surface area (Å²) in [5, 5.41) is 7.95. The summed E-state index contributed by atoms with van der Waals surface area (Å²) in [6.07, 6.45) is 3.34. The molecule has 5 rings (SSSR count). The van der Waals surface area contributed by atoms with Gasteiger partial charge in [-0.05, 0) is 63.9 Å². The molecule has 2 fully saturated rings. The van der Waals surface area contributed by atoms with Crippen molar-refractivity contribution in [1.82, 2.24) is 19.8 Å². The Morgan fingerprint density at radius 2 is 1.86 bits per heavy atom. The fraction of sp³-hybridized carbons (Fsp3) is 0.417. The molecule has 0 radical (unpaired) electrons. The molecule has 2 aliphatic rings. The Bertz CT molecular complexity index is 1400. The molecule has 2 aliphatic heterocycles. The lowest BCUT2D eigenvalue weighted by atomic mass is 10.1. The molecule has 2 saturated heterocycles. The van der Waals surface area contributed by atoms with Crippen LogP contribution in [-0.4, -0.2) is 60.1 Å². The summed E-state index contributed by atoms with van der Waals surface area (Å²) in [6, 6.07) is 7.10. The maximum atomic E-state index is 13.5. The van der Waals surface area contributed by atoms with Crippen LogP contribution in [0.1, 0.15) is 44.0 Å². The van der Waals surface area contributed by atoms with Gasteiger partial charge >= 0.3 is 0 Å². The molecule has 0 spiro atoms. The first-order valence-electron chi connectivity index (χ1n) is 11.5. The van der Waals surface area contributed by atoms with E-state index >= 15 is 0 Å². The normalized spacial score (nSPS) is 20.6. The molecule has 35 heavy (non-hydrogen) atoms. The van der Waals surface area contributed by atoms with Crippen LogP contribution in [-0.2, 0) is 10.0 Å². The second-order valence-corrected chi connectivity index (χ2v) is 12.3. The van der Waals surface area contributed by atoms with E-state index in [9.17, 15) is 17.6 Å². The fourth-order valence-electron chi connectivity index (χ4n) is 5.13. The number of aromatic amines is 1. The summed E-state index contributed by atoms with van der Waals surface area (Å²) in [6.45, 7) is 6.30. The zero-order chi connectivity index (χ0) is 25.1. The van der Waals surface area contributed by atoms with Crippen molar-refractivity contribution in [1.29, 1.82) is 0 Å². The topological polar surface area (TPSA) is 98.4 Å². The standard InChI is InChI=1S/C24H27ClFN5O3S/c1-24(2,3)29-35(33,34)18-8-14-11-27-28-22(14)21(10-18)31-16-5-6-17(31)13-30(12-16)23(32)19-7-4-15(26)9-20(19)25/h4,7-11,16-17,29H,5-6,12-13H2,1-3H3,(H,27,28)/t16-,17+. The molecule has 186 valence electrons. The Balaban J connectivity index is 1.48. The van der Waals surface area contributed by atoms with Gasteiger partial charge in [0.15, 0.2) is 0 Å². The number of piperazine rings is 1. The summed E-state index contributed by atoms with van der Waals surface area (Å²) in [5.41, 5.74) is 1.17. The third-order valence-corrected chi connectivity index (χ3v) is 8.51. The van der Waals surface area contributed by atoms with Crippen LogP contribution >= 0.6 is 11.6 Å². The number of hydrogen-bond acceptors (Lipinski definition) is 5. The number of carbonyl (C=O) groups excluding carboxylic acids is 1. The highest BCUT2D eigenvalue weighted by molar-refractivity contribution is 7.89. The number of nitrogens with one attached hydrogen (secondary N) is 2. The average molecular weight is 520 g/mol. The van der Waals surface area contributed by atoms with Crippen molar-refractivity contribution in [3.8, 4) is 0 Å². The summed E-state index contributed by atoms with van der Waals surface area (Å²) in [4.78, 5) is 17.3. The van der Waals surface area contributed by atoms with E-state index in [1.54, 1.807) is 44.0 Å². The van der Waals surface area contributed by atoms with Crippen molar-refractivity contribution in [2.24, 2.45) is 0 Å². The minimum atomic E-state index is -3.76. The second kappa shape index (κ2) is 8.46. The number of carbonyl (C=O) groups is 1. The third kappa shape index (κ3) is 4.50. The van der Waals surface area contributed by atoms with Crippen LogP contribution in [0.4, 0.5) is 10.1 Å². The Morgan fingerprint density at radius 1 is 1.17 bits per heavy atom. The Morgan fingerprint density at radius 3 is 2.49 bits per heavy atom. The Hall–Kier alpha value is -2.69. The Labute approximate surface area is 208 Å². The smallest absolute Gasteiger partial charge is 0.255 e. The van der Waals surface area contributed by atoms with Gasteiger partial charge in [0.05, 0.1) is 32.9 Å². The summed E-state index contributed by atoms with van der Waals surface area (Å²) in [5.74, 6) is -0.722. The molecule has 8 nitrogen and oxygen atoms in total. The predicted octanol–water partition coefficient (Wildman–Crippen LogP) is 3.93. The molecular formula is C24H27ClFN5O3S. The van der Waals surface area contributed by atoms with Crippen LogP contribution in [0.25, 0.3) is 10.9 Å². The van der Waals surface area contributed by atoms with Gasteiger partial charge < -0.3 is 9.80 Å². The summed E-state index contributed by atoms with van der Waals surface area (Å²) < 4.78 is 42.4. The van der Waals surface area contributed by atoms with Crippen molar-refractivity contribution in [3.05, 3.63) is 52.9 Å². The molecule has 1 amide bonds. The largest absolute Gasteiger partial charge is 0.360 e. The molecule has 1 aromatic heterocycles. The molecule has 0 aliphatic carbocycles. The number of hydrogen-bond donors (Lipinski definition) is 2. The quantitative estimate of drug-likeness (QED) is 0.544. The van der Waals surface area contributed by atoms with Gasteiger partial charge in [-0.2, -0.15) is 5.10 Å². The van der Waals surface area contributed by atoms with Gasteiger partial charge in [0, 0.05) is 36.1 Å². The van der Waals surface area contributed by atoms with Crippen molar-refractivity contribution in [3.63, 3.8) is 0 Å². The number of sulfonamides is 1. The van der Waals surface area contributed by atoms with Crippen LogP contribution < -0.4 is 9.62 Å². The van der Waals surface area contributed by atoms with E-state index in [2.05, 4.69) is 19.8 Å². The minimum Gasteiger partial charge on any atom is -0.360 e. The zero-order valence-electron chi connectivity index (χ0n) is 19.7. The van der Waals surface area contributed by atoms with Gasteiger partial charge in [-0.3, -0.25) is 9.89 Å². The van der Waals surface area contributed by atoms with E-state index in [1.165, 1.54) is 12.1 Å². The summed E-state index contributed by atoms with van der Waals surface area (Å²) >= 11 is 6.14. The SMILES string of the molecule is CC(C)(C)NS(=O)(=O)c1cc(N2[C@@H]3CC[C@H]2CN(C(=O)c2ccc(F)cc2Cl)C3)c2[nH]ncc2c1. The lowest BCUT2D eigenvalue weighted by molar-refractivity contribution is 0.0718. The number of fused-ring (bicyclic) bond motifs is 3. The number of anilines is 1. The van der Waals surface area contributed by atoms with E-state index in [1.807, 2.05) is 0 Å². The molecule has 2 atom stereocenters. The van der Waals surface area contributed by atoms with Gasteiger partial charge in [-0.1, -0.05) is 11.6 Å². The predicted molar refractivity (Wildman–Crippen MR) is 133 cm³/mol. The molecule has 0 unspecified atom stereocenters. The van der Waals surface area contributed by atoms with Gasteiger partial charge in [-0.25, -0.2) is 17.5 Å². The number of rotatable bonds is 4. The first-order chi connectivity index (χ1) is 16.4. The number of amides is 1. The highest BCUT2D eigenvalue weighted by Gasteiger charge is 2.43. The van der Waals surface area contributed by atoms with Crippen molar-refractivity contribution in [2.75, 3.05) is 18.0 Å². The second-order valence-electron chi connectivity index (χ2n) is 10.3. The highest BCUT2D eigenvalue weighted by Crippen LogP contribution is 2.40.